The van der Waals surface area contributed by atoms with Gasteiger partial charge in [0.2, 0.25) is 0 Å². The minimum absolute atomic E-state index is 0.132. The Morgan fingerprint density at radius 3 is 2.43 bits per heavy atom. The fourth-order valence-corrected chi connectivity index (χ4v) is 4.03. The molecule has 30 heavy (non-hydrogen) atoms. The third-order valence-corrected chi connectivity index (χ3v) is 5.68. The fourth-order valence-electron chi connectivity index (χ4n) is 4.03. The van der Waals surface area contributed by atoms with Crippen LogP contribution in [0.3, 0.4) is 0 Å². The lowest BCUT2D eigenvalue weighted by atomic mass is 10.00. The number of nitrogens with one attached hydrogen (secondary N) is 1. The molecule has 3 aromatic rings. The molecule has 5 nitrogen and oxygen atoms in total. The van der Waals surface area contributed by atoms with Crippen molar-refractivity contribution >= 4 is 5.91 Å². The monoisotopic (exact) mass is 400 g/mol. The summed E-state index contributed by atoms with van der Waals surface area (Å²) in [5.41, 5.74) is 3.65. The van der Waals surface area contributed by atoms with E-state index in [1.54, 1.807) is 6.20 Å². The summed E-state index contributed by atoms with van der Waals surface area (Å²) >= 11 is 0. The zero-order valence-corrected chi connectivity index (χ0v) is 17.4. The molecule has 5 heteroatoms. The maximum absolute atomic E-state index is 12.6. The predicted molar refractivity (Wildman–Crippen MR) is 118 cm³/mol. The van der Waals surface area contributed by atoms with E-state index in [2.05, 4.69) is 39.5 Å². The Kier molecular flexibility index (Phi) is 6.50. The smallest absolute Gasteiger partial charge is 0.254 e. The van der Waals surface area contributed by atoms with Crippen LogP contribution >= 0.6 is 0 Å². The number of carbonyl (C=O) groups excluding carboxylic acids is 1. The summed E-state index contributed by atoms with van der Waals surface area (Å²) in [7, 11) is 0. The van der Waals surface area contributed by atoms with Gasteiger partial charge in [0.05, 0.1) is 17.3 Å². The van der Waals surface area contributed by atoms with E-state index in [0.717, 1.165) is 36.6 Å². The summed E-state index contributed by atoms with van der Waals surface area (Å²) in [5, 5.41) is 2.97. The van der Waals surface area contributed by atoms with Crippen molar-refractivity contribution < 1.29 is 4.79 Å². The molecular formula is C25H28N4O. The van der Waals surface area contributed by atoms with Gasteiger partial charge in [-0.15, -0.1) is 0 Å². The van der Waals surface area contributed by atoms with Crippen molar-refractivity contribution in [1.82, 2.24) is 20.2 Å². The number of hydrogen-bond donors (Lipinski definition) is 1. The highest BCUT2D eigenvalue weighted by molar-refractivity contribution is 5.94. The number of amides is 1. The summed E-state index contributed by atoms with van der Waals surface area (Å²) in [6.07, 6.45) is 5.11. The molecule has 1 aromatic heterocycles. The summed E-state index contributed by atoms with van der Waals surface area (Å²) in [6, 6.07) is 20.6. The molecule has 2 heterocycles. The van der Waals surface area contributed by atoms with Crippen LogP contribution in [0.15, 0.2) is 66.9 Å². The van der Waals surface area contributed by atoms with Crippen molar-refractivity contribution in [2.24, 2.45) is 0 Å². The summed E-state index contributed by atoms with van der Waals surface area (Å²) < 4.78 is 0. The lowest BCUT2D eigenvalue weighted by Crippen LogP contribution is -2.34. The van der Waals surface area contributed by atoms with Crippen molar-refractivity contribution in [3.05, 3.63) is 95.1 Å². The van der Waals surface area contributed by atoms with E-state index < -0.39 is 0 Å². The first-order valence-electron chi connectivity index (χ1n) is 10.6. The van der Waals surface area contributed by atoms with Crippen LogP contribution in [0.4, 0.5) is 0 Å². The molecule has 0 bridgehead atoms. The van der Waals surface area contributed by atoms with Crippen molar-refractivity contribution in [1.29, 1.82) is 0 Å². The van der Waals surface area contributed by atoms with Gasteiger partial charge in [0.25, 0.3) is 5.91 Å². The molecule has 0 aliphatic carbocycles. The third-order valence-electron chi connectivity index (χ3n) is 5.68. The maximum Gasteiger partial charge on any atom is 0.254 e. The molecule has 1 atom stereocenters. The van der Waals surface area contributed by atoms with Crippen LogP contribution in [-0.2, 0) is 13.1 Å². The van der Waals surface area contributed by atoms with Crippen molar-refractivity contribution in [2.75, 3.05) is 6.54 Å². The van der Waals surface area contributed by atoms with E-state index >= 15 is 0 Å². The van der Waals surface area contributed by atoms with E-state index in [9.17, 15) is 4.79 Å². The summed E-state index contributed by atoms with van der Waals surface area (Å²) in [5.74, 6) is 0.690. The number of likely N-dealkylation sites (tertiary alicyclic amines) is 1. The Balaban J connectivity index is 1.46. The van der Waals surface area contributed by atoms with Crippen LogP contribution in [-0.4, -0.2) is 27.3 Å². The Morgan fingerprint density at radius 1 is 1.03 bits per heavy atom. The van der Waals surface area contributed by atoms with Gasteiger partial charge in [0.15, 0.2) is 0 Å². The normalized spacial score (nSPS) is 16.9. The van der Waals surface area contributed by atoms with Crippen molar-refractivity contribution in [3.8, 4) is 0 Å². The molecule has 4 rings (SSSR count). The Labute approximate surface area is 178 Å². The van der Waals surface area contributed by atoms with Gasteiger partial charge in [0.1, 0.15) is 5.82 Å². The molecule has 1 aliphatic rings. The van der Waals surface area contributed by atoms with Gasteiger partial charge >= 0.3 is 0 Å². The highest BCUT2D eigenvalue weighted by atomic mass is 16.1. The average molecular weight is 401 g/mol. The zero-order chi connectivity index (χ0) is 20.8. The second-order valence-electron chi connectivity index (χ2n) is 7.86. The molecule has 1 fully saturated rings. The molecule has 0 radical (unpaired) electrons. The Hall–Kier alpha value is -3.05. The Morgan fingerprint density at radius 2 is 1.73 bits per heavy atom. The number of hydrogen-bond acceptors (Lipinski definition) is 4. The quantitative estimate of drug-likeness (QED) is 0.664. The topological polar surface area (TPSA) is 58.1 Å². The van der Waals surface area contributed by atoms with Crippen LogP contribution in [0.2, 0.25) is 0 Å². The van der Waals surface area contributed by atoms with E-state index in [0.29, 0.717) is 12.1 Å². The second kappa shape index (κ2) is 9.63. The van der Waals surface area contributed by atoms with E-state index in [1.165, 1.54) is 18.4 Å². The largest absolute Gasteiger partial charge is 0.348 e. The molecule has 0 spiro atoms. The second-order valence-corrected chi connectivity index (χ2v) is 7.86. The summed E-state index contributed by atoms with van der Waals surface area (Å²) in [4.78, 5) is 24.5. The van der Waals surface area contributed by atoms with Crippen molar-refractivity contribution in [2.45, 2.75) is 45.3 Å². The molecule has 1 amide bonds. The fraction of sp³-hybridized carbons (Fsp3) is 0.320. The molecule has 1 N–H and O–H groups in total. The number of aryl methyl sites for hydroxylation is 1. The molecule has 1 aliphatic heterocycles. The van der Waals surface area contributed by atoms with Crippen LogP contribution < -0.4 is 5.32 Å². The van der Waals surface area contributed by atoms with Gasteiger partial charge in [-0.3, -0.25) is 9.69 Å². The number of rotatable bonds is 6. The van der Waals surface area contributed by atoms with Gasteiger partial charge in [-0.1, -0.05) is 67.1 Å². The van der Waals surface area contributed by atoms with Crippen LogP contribution in [0.1, 0.15) is 58.3 Å². The van der Waals surface area contributed by atoms with Gasteiger partial charge in [0, 0.05) is 19.3 Å². The third kappa shape index (κ3) is 4.92. The minimum Gasteiger partial charge on any atom is -0.348 e. The molecule has 1 unspecified atom stereocenters. The van der Waals surface area contributed by atoms with Gasteiger partial charge in [-0.05, 0) is 37.4 Å². The number of nitrogens with zero attached hydrogens (tertiary/aromatic N) is 3. The molecule has 0 saturated carbocycles. The first kappa shape index (κ1) is 20.2. The first-order chi connectivity index (χ1) is 14.7. The molecule has 154 valence electrons. The summed E-state index contributed by atoms with van der Waals surface area (Å²) in [6.45, 7) is 4.33. The molecule has 2 aromatic carbocycles. The Bertz CT molecular complexity index is 975. The number of piperidine rings is 1. The van der Waals surface area contributed by atoms with Gasteiger partial charge < -0.3 is 5.32 Å². The highest BCUT2D eigenvalue weighted by Crippen LogP contribution is 2.30. The van der Waals surface area contributed by atoms with Crippen LogP contribution in [0, 0.1) is 6.92 Å². The maximum atomic E-state index is 12.6. The standard InChI is InChI=1S/C25H28N4O/c1-19-22(25(30)27-16-20-10-4-2-5-11-20)17-26-24(28-19)23-14-8-9-15-29(23)18-21-12-6-3-7-13-21/h2-7,10-13,17,23H,8-9,14-16,18H2,1H3,(H,27,30). The zero-order valence-electron chi connectivity index (χ0n) is 17.4. The number of benzene rings is 2. The van der Waals surface area contributed by atoms with E-state index in [1.807, 2.05) is 43.3 Å². The van der Waals surface area contributed by atoms with Crippen LogP contribution in [0.25, 0.3) is 0 Å². The molecular weight excluding hydrogens is 372 g/mol. The SMILES string of the molecule is Cc1nc(C2CCCCN2Cc2ccccc2)ncc1C(=O)NCc1ccccc1. The predicted octanol–water partition coefficient (Wildman–Crippen LogP) is 4.44. The average Bonchev–Trinajstić information content (AvgIpc) is 2.79. The van der Waals surface area contributed by atoms with E-state index in [-0.39, 0.29) is 11.9 Å². The minimum atomic E-state index is -0.132. The number of aromatic nitrogens is 2. The number of carbonyl (C=O) groups is 1. The lowest BCUT2D eigenvalue weighted by Gasteiger charge is -2.34. The lowest BCUT2D eigenvalue weighted by molar-refractivity contribution is 0.0948. The molecule has 1 saturated heterocycles. The van der Waals surface area contributed by atoms with Gasteiger partial charge in [-0.25, -0.2) is 9.97 Å². The highest BCUT2D eigenvalue weighted by Gasteiger charge is 2.27. The van der Waals surface area contributed by atoms with Crippen molar-refractivity contribution in [3.63, 3.8) is 0 Å². The first-order valence-corrected chi connectivity index (χ1v) is 10.6. The van der Waals surface area contributed by atoms with Crippen LogP contribution in [0.5, 0.6) is 0 Å². The van der Waals surface area contributed by atoms with Gasteiger partial charge in [-0.2, -0.15) is 0 Å². The van der Waals surface area contributed by atoms with E-state index in [4.69, 9.17) is 4.98 Å².